The van der Waals surface area contributed by atoms with Crippen molar-refractivity contribution < 1.29 is 0 Å². The fourth-order valence-electron chi connectivity index (χ4n) is 13.2. The molecule has 0 saturated carbocycles. The maximum Gasteiger partial charge on any atom is 0.161 e. The first-order valence-electron chi connectivity index (χ1n) is 26.7. The first-order chi connectivity index (χ1) is 38.7. The Labute approximate surface area is 449 Å². The highest BCUT2D eigenvalue weighted by atomic mass is 14.9. The molecule has 11 aromatic carbocycles. The largest absolute Gasteiger partial charge is 0.228 e. The molecule has 0 unspecified atom stereocenters. The Hall–Kier alpha value is -10.4. The average Bonchev–Trinajstić information content (AvgIpc) is 4.18. The van der Waals surface area contributed by atoms with Gasteiger partial charge in [-0.3, -0.25) is 0 Å². The first-order valence-corrected chi connectivity index (χ1v) is 26.7. The van der Waals surface area contributed by atoms with Crippen LogP contribution in [0.4, 0.5) is 0 Å². The van der Waals surface area contributed by atoms with Crippen LogP contribution in [0.1, 0.15) is 0 Å². The highest BCUT2D eigenvalue weighted by Crippen LogP contribution is 2.53. The summed E-state index contributed by atoms with van der Waals surface area (Å²) in [6.07, 6.45) is 0. The van der Waals surface area contributed by atoms with E-state index in [9.17, 15) is 0 Å². The molecule has 0 spiro atoms. The Morgan fingerprint density at radius 3 is 0.885 bits per heavy atom. The number of hydrogen-bond donors (Lipinski definition) is 0. The van der Waals surface area contributed by atoms with Gasteiger partial charge in [0.15, 0.2) is 11.3 Å². The van der Waals surface area contributed by atoms with Gasteiger partial charge in [0.2, 0.25) is 0 Å². The normalized spacial score (nSPS) is 12.1. The molecule has 0 atom stereocenters. The molecule has 0 amide bonds. The van der Waals surface area contributed by atoms with E-state index in [0.717, 1.165) is 111 Å². The van der Waals surface area contributed by atoms with Crippen molar-refractivity contribution in [1.29, 1.82) is 0 Å². The van der Waals surface area contributed by atoms with E-state index in [2.05, 4.69) is 255 Å². The van der Waals surface area contributed by atoms with Crippen LogP contribution in [-0.2, 0) is 0 Å². The predicted octanol–water partition coefficient (Wildman–Crippen LogP) is 19.5. The van der Waals surface area contributed by atoms with Crippen LogP contribution in [0.5, 0.6) is 0 Å². The second kappa shape index (κ2) is 16.5. The number of hydrogen-bond acceptors (Lipinski definition) is 4. The molecule has 0 fully saturated rings. The summed E-state index contributed by atoms with van der Waals surface area (Å²) in [5.74, 6) is 0. The highest BCUT2D eigenvalue weighted by Gasteiger charge is 2.29. The van der Waals surface area contributed by atoms with Gasteiger partial charge in [-0.25, -0.2) is 19.9 Å². The van der Waals surface area contributed by atoms with E-state index in [1.165, 1.54) is 54.9 Å². The van der Waals surface area contributed by atoms with E-state index in [4.69, 9.17) is 19.9 Å². The minimum Gasteiger partial charge on any atom is -0.228 e. The molecule has 4 heterocycles. The molecule has 2 aliphatic carbocycles. The van der Waals surface area contributed by atoms with Gasteiger partial charge in [-0.2, -0.15) is 0 Å². The summed E-state index contributed by atoms with van der Waals surface area (Å²) in [5.41, 5.74) is 23.4. The number of nitrogens with zero attached hydrogens (tertiary/aromatic N) is 4. The predicted molar refractivity (Wildman–Crippen MR) is 324 cm³/mol. The molecular formula is C74H42N4. The fourth-order valence-corrected chi connectivity index (χ4v) is 13.2. The summed E-state index contributed by atoms with van der Waals surface area (Å²) in [4.78, 5) is 22.5. The van der Waals surface area contributed by atoms with Crippen LogP contribution in [0.2, 0.25) is 0 Å². The van der Waals surface area contributed by atoms with Crippen molar-refractivity contribution in [3.63, 3.8) is 0 Å². The van der Waals surface area contributed by atoms with Crippen LogP contribution in [0, 0.1) is 0 Å². The molecule has 2 aliphatic rings. The van der Waals surface area contributed by atoms with E-state index < -0.39 is 0 Å². The van der Waals surface area contributed by atoms with Gasteiger partial charge in [-0.15, -0.1) is 0 Å². The Bertz CT molecular complexity index is 4680. The SMILES string of the molecule is c1ccc(-c2cc(-c3c4ccccc4c(-c4cc(-c5ccccc5)c5cc6c(nc5n4)-c4cccc5c(-c7ccccc7)ccc-6c45)c4ccccc34)nc3nc4c(cc23)-c2ccc(-c3ccccc3)c3cccc-4c23)cc1. The van der Waals surface area contributed by atoms with Crippen LogP contribution in [0.25, 0.3) is 177 Å². The van der Waals surface area contributed by atoms with Crippen molar-refractivity contribution in [2.24, 2.45) is 0 Å². The quantitative estimate of drug-likeness (QED) is 0.156. The number of fused-ring (bicyclic) bond motifs is 10. The van der Waals surface area contributed by atoms with Crippen molar-refractivity contribution in [3.05, 3.63) is 255 Å². The number of benzene rings is 11. The third-order valence-electron chi connectivity index (χ3n) is 16.6. The van der Waals surface area contributed by atoms with Crippen molar-refractivity contribution in [2.75, 3.05) is 0 Å². The summed E-state index contributed by atoms with van der Waals surface area (Å²) in [6, 6.07) is 92.1. The van der Waals surface area contributed by atoms with Crippen LogP contribution in [0.15, 0.2) is 255 Å². The van der Waals surface area contributed by atoms with Gasteiger partial charge in [0.05, 0.1) is 22.8 Å². The van der Waals surface area contributed by atoms with E-state index in [1.54, 1.807) is 0 Å². The second-order valence-corrected chi connectivity index (χ2v) is 20.7. The zero-order valence-electron chi connectivity index (χ0n) is 42.0. The third kappa shape index (κ3) is 6.23. The maximum absolute atomic E-state index is 5.65. The monoisotopic (exact) mass is 986 g/mol. The Morgan fingerprint density at radius 1 is 0.192 bits per heavy atom. The molecule has 0 N–H and O–H groups in total. The molecule has 0 saturated heterocycles. The molecule has 4 aromatic heterocycles. The molecule has 0 bridgehead atoms. The van der Waals surface area contributed by atoms with E-state index in [0.29, 0.717) is 11.3 Å². The summed E-state index contributed by atoms with van der Waals surface area (Å²) in [7, 11) is 0. The lowest BCUT2D eigenvalue weighted by molar-refractivity contribution is 1.30. The molecule has 15 aromatic rings. The maximum atomic E-state index is 5.65. The molecule has 78 heavy (non-hydrogen) atoms. The standard InChI is InChI=1S/C74H42N4/c1-5-19-43(20-6-1)47-35-37-55-61-39-63-59(45-23-9-3-10-24-45)41-65(75-73(63)77-71(61)57-33-17-31-49(47)67(55)57)69-51-27-13-15-29-53(51)70(54-30-16-14-28-52(54)69)66-42-60(46-25-11-4-12-26-46)64-40-62-56-38-36-48(44-21-7-2-8-22-44)50-32-18-34-58(68(50)56)72(62)78-74(64)76-66/h1-42H. The van der Waals surface area contributed by atoms with Crippen LogP contribution in [-0.4, -0.2) is 19.9 Å². The third-order valence-corrected chi connectivity index (χ3v) is 16.6. The molecule has 0 radical (unpaired) electrons. The molecule has 4 nitrogen and oxygen atoms in total. The Balaban J connectivity index is 0.893. The van der Waals surface area contributed by atoms with Gasteiger partial charge < -0.3 is 0 Å². The van der Waals surface area contributed by atoms with Gasteiger partial charge in [0, 0.05) is 44.2 Å². The van der Waals surface area contributed by atoms with Crippen molar-refractivity contribution in [3.8, 4) is 112 Å². The smallest absolute Gasteiger partial charge is 0.161 e. The number of pyridine rings is 4. The van der Waals surface area contributed by atoms with Gasteiger partial charge in [0.1, 0.15) is 0 Å². The zero-order chi connectivity index (χ0) is 51.0. The fraction of sp³-hybridized carbons (Fsp3) is 0. The van der Waals surface area contributed by atoms with Gasteiger partial charge >= 0.3 is 0 Å². The molecule has 4 heteroatoms. The van der Waals surface area contributed by atoms with Crippen molar-refractivity contribution in [1.82, 2.24) is 19.9 Å². The van der Waals surface area contributed by atoms with Gasteiger partial charge in [-0.1, -0.05) is 231 Å². The first kappa shape index (κ1) is 42.9. The summed E-state index contributed by atoms with van der Waals surface area (Å²) < 4.78 is 0. The molecular weight excluding hydrogens is 945 g/mol. The van der Waals surface area contributed by atoms with Crippen molar-refractivity contribution >= 4 is 65.2 Å². The lowest BCUT2D eigenvalue weighted by atomic mass is 9.87. The number of aromatic nitrogens is 4. The molecule has 358 valence electrons. The summed E-state index contributed by atoms with van der Waals surface area (Å²) >= 11 is 0. The summed E-state index contributed by atoms with van der Waals surface area (Å²) in [6.45, 7) is 0. The lowest BCUT2D eigenvalue weighted by Crippen LogP contribution is -1.98. The van der Waals surface area contributed by atoms with E-state index in [-0.39, 0.29) is 0 Å². The lowest BCUT2D eigenvalue weighted by Gasteiger charge is -2.19. The highest BCUT2D eigenvalue weighted by molar-refractivity contribution is 6.24. The summed E-state index contributed by atoms with van der Waals surface area (Å²) in [5, 5.41) is 11.3. The minimum atomic E-state index is 0.715. The minimum absolute atomic E-state index is 0.715. The van der Waals surface area contributed by atoms with Crippen LogP contribution >= 0.6 is 0 Å². The molecule has 17 rings (SSSR count). The van der Waals surface area contributed by atoms with Crippen LogP contribution in [0.3, 0.4) is 0 Å². The van der Waals surface area contributed by atoms with Gasteiger partial charge in [0.25, 0.3) is 0 Å². The van der Waals surface area contributed by atoms with E-state index >= 15 is 0 Å². The zero-order valence-corrected chi connectivity index (χ0v) is 42.0. The van der Waals surface area contributed by atoms with E-state index in [1.807, 2.05) is 0 Å². The number of rotatable bonds is 6. The Kier molecular flexibility index (Phi) is 9.09. The molecule has 0 aliphatic heterocycles. The van der Waals surface area contributed by atoms with Gasteiger partial charge in [-0.05, 0) is 123 Å². The van der Waals surface area contributed by atoms with Crippen molar-refractivity contribution in [2.45, 2.75) is 0 Å². The topological polar surface area (TPSA) is 51.6 Å². The van der Waals surface area contributed by atoms with Crippen LogP contribution < -0.4 is 0 Å². The Morgan fingerprint density at radius 2 is 0.513 bits per heavy atom. The second-order valence-electron chi connectivity index (χ2n) is 20.7. The average molecular weight is 987 g/mol.